The zero-order valence-corrected chi connectivity index (χ0v) is 17.5. The van der Waals surface area contributed by atoms with Crippen LogP contribution in [0, 0.1) is 5.82 Å². The van der Waals surface area contributed by atoms with Crippen LogP contribution in [0.4, 0.5) is 10.1 Å². The molecule has 1 saturated heterocycles. The van der Waals surface area contributed by atoms with Crippen LogP contribution in [0.15, 0.2) is 53.5 Å². The van der Waals surface area contributed by atoms with Crippen molar-refractivity contribution in [1.82, 2.24) is 10.2 Å². The van der Waals surface area contributed by atoms with E-state index in [1.165, 1.54) is 29.8 Å². The van der Waals surface area contributed by atoms with Gasteiger partial charge in [0, 0.05) is 30.9 Å². The number of ether oxygens (including phenoxy) is 1. The Balaban J connectivity index is 1.71. The van der Waals surface area contributed by atoms with Crippen molar-refractivity contribution in [2.45, 2.75) is 19.8 Å². The van der Waals surface area contributed by atoms with E-state index in [1.54, 1.807) is 0 Å². The number of nitrogens with zero attached hydrogens (tertiary/aromatic N) is 2. The van der Waals surface area contributed by atoms with Crippen LogP contribution < -0.4 is 10.6 Å². The minimum Gasteiger partial charge on any atom is -0.379 e. The van der Waals surface area contributed by atoms with E-state index in [4.69, 9.17) is 4.74 Å². The van der Waals surface area contributed by atoms with E-state index in [-0.39, 0.29) is 11.7 Å². The Hall–Kier alpha value is -2.77. The Morgan fingerprint density at radius 3 is 2.60 bits per heavy atom. The van der Waals surface area contributed by atoms with Gasteiger partial charge in [0.25, 0.3) is 5.91 Å². The number of nitrogens with one attached hydrogen (secondary N) is 2. The van der Waals surface area contributed by atoms with Gasteiger partial charge in [-0.05, 0) is 47.9 Å². The highest BCUT2D eigenvalue weighted by Gasteiger charge is 2.12. The first-order valence-corrected chi connectivity index (χ1v) is 10.3. The molecule has 2 aromatic rings. The van der Waals surface area contributed by atoms with E-state index in [0.717, 1.165) is 38.5 Å². The van der Waals surface area contributed by atoms with Gasteiger partial charge in [0.1, 0.15) is 5.82 Å². The quantitative estimate of drug-likeness (QED) is 0.563. The lowest BCUT2D eigenvalue weighted by Crippen LogP contribution is -2.39. The molecule has 160 valence electrons. The zero-order chi connectivity index (χ0) is 21.3. The number of morpholine rings is 1. The molecule has 1 aliphatic rings. The summed E-state index contributed by atoms with van der Waals surface area (Å²) in [7, 11) is 0. The molecule has 1 aliphatic heterocycles. The molecular weight excluding hydrogens is 383 g/mol. The highest BCUT2D eigenvalue weighted by Crippen LogP contribution is 2.18. The molecule has 1 amide bonds. The maximum atomic E-state index is 13.2. The average Bonchev–Trinajstić information content (AvgIpc) is 2.75. The Kier molecular flexibility index (Phi) is 7.93. The third-order valence-corrected chi connectivity index (χ3v) is 4.94. The number of halogens is 1. The van der Waals surface area contributed by atoms with Crippen molar-refractivity contribution in [2.24, 2.45) is 4.99 Å². The van der Waals surface area contributed by atoms with Crippen LogP contribution in [0.3, 0.4) is 0 Å². The lowest BCUT2D eigenvalue weighted by molar-refractivity contribution is 0.0394. The third kappa shape index (κ3) is 6.64. The van der Waals surface area contributed by atoms with Gasteiger partial charge in [-0.1, -0.05) is 26.0 Å². The second-order valence-electron chi connectivity index (χ2n) is 7.55. The van der Waals surface area contributed by atoms with Gasteiger partial charge in [0.05, 0.1) is 19.8 Å². The Labute approximate surface area is 177 Å². The van der Waals surface area contributed by atoms with Crippen molar-refractivity contribution in [2.75, 3.05) is 44.7 Å². The Morgan fingerprint density at radius 2 is 1.90 bits per heavy atom. The van der Waals surface area contributed by atoms with Crippen LogP contribution in [0.25, 0.3) is 0 Å². The third-order valence-electron chi connectivity index (χ3n) is 4.94. The van der Waals surface area contributed by atoms with E-state index >= 15 is 0 Å². The van der Waals surface area contributed by atoms with Crippen molar-refractivity contribution >= 4 is 17.6 Å². The zero-order valence-electron chi connectivity index (χ0n) is 17.5. The predicted molar refractivity (Wildman–Crippen MR) is 118 cm³/mol. The second-order valence-corrected chi connectivity index (χ2v) is 7.55. The average molecular weight is 413 g/mol. The fraction of sp³-hybridized carbons (Fsp3) is 0.391. The first kappa shape index (κ1) is 21.9. The summed E-state index contributed by atoms with van der Waals surface area (Å²) in [5.41, 5.74) is 2.42. The number of hydrogen-bond acceptors (Lipinski definition) is 4. The van der Waals surface area contributed by atoms with Gasteiger partial charge in [-0.15, -0.1) is 0 Å². The van der Waals surface area contributed by atoms with Crippen LogP contribution in [0.2, 0.25) is 0 Å². The van der Waals surface area contributed by atoms with Crippen LogP contribution in [-0.2, 0) is 4.74 Å². The normalized spacial score (nSPS) is 15.3. The van der Waals surface area contributed by atoms with Crippen molar-refractivity contribution in [3.8, 4) is 0 Å². The van der Waals surface area contributed by atoms with Gasteiger partial charge in [-0.2, -0.15) is 0 Å². The molecule has 2 aromatic carbocycles. The molecule has 1 heterocycles. The number of hydrogen-bond donors (Lipinski definition) is 2. The molecule has 0 unspecified atom stereocenters. The number of aliphatic imine (C=N–C) groups is 1. The monoisotopic (exact) mass is 412 g/mol. The molecule has 0 bridgehead atoms. The second kappa shape index (κ2) is 10.8. The number of amides is 1. The first-order valence-electron chi connectivity index (χ1n) is 10.3. The minimum atomic E-state index is -0.380. The topological polar surface area (TPSA) is 66.0 Å². The fourth-order valence-electron chi connectivity index (χ4n) is 3.13. The summed E-state index contributed by atoms with van der Waals surface area (Å²) in [4.78, 5) is 19.5. The maximum absolute atomic E-state index is 13.2. The highest BCUT2D eigenvalue weighted by atomic mass is 19.1. The van der Waals surface area contributed by atoms with E-state index in [2.05, 4.69) is 40.4 Å². The standard InChI is InChI=1S/C23H29FN4O2/c1-17(2)19-4-3-5-21(16-19)26-23(25-10-11-28-12-14-30-15-13-28)27-22(29)18-6-8-20(24)9-7-18/h3-9,16-17H,10-15H2,1-2H3,(H2,25,26,27,29). The molecule has 0 radical (unpaired) electrons. The summed E-state index contributed by atoms with van der Waals surface area (Å²) in [6, 6.07) is 13.5. The summed E-state index contributed by atoms with van der Waals surface area (Å²) < 4.78 is 18.5. The van der Waals surface area contributed by atoms with Crippen LogP contribution in [0.1, 0.15) is 35.7 Å². The fourth-order valence-corrected chi connectivity index (χ4v) is 3.13. The predicted octanol–water partition coefficient (Wildman–Crippen LogP) is 3.48. The molecule has 1 fully saturated rings. The molecule has 3 rings (SSSR count). The molecule has 7 heteroatoms. The lowest BCUT2D eigenvalue weighted by atomic mass is 10.0. The summed E-state index contributed by atoms with van der Waals surface area (Å²) in [5.74, 6) is 0.0444. The lowest BCUT2D eigenvalue weighted by Gasteiger charge is -2.25. The summed E-state index contributed by atoms with van der Waals surface area (Å²) >= 11 is 0. The van der Waals surface area contributed by atoms with Crippen LogP contribution in [-0.4, -0.2) is 56.2 Å². The number of rotatable bonds is 6. The number of anilines is 1. The molecule has 30 heavy (non-hydrogen) atoms. The molecule has 0 spiro atoms. The van der Waals surface area contributed by atoms with E-state index in [1.807, 2.05) is 18.2 Å². The molecule has 2 N–H and O–H groups in total. The molecule has 0 aliphatic carbocycles. The molecule has 0 aromatic heterocycles. The summed E-state index contributed by atoms with van der Waals surface area (Å²) in [6.45, 7) is 8.83. The smallest absolute Gasteiger partial charge is 0.257 e. The number of guanidine groups is 1. The van der Waals surface area contributed by atoms with Gasteiger partial charge in [-0.25, -0.2) is 4.39 Å². The van der Waals surface area contributed by atoms with Gasteiger partial charge in [-0.3, -0.25) is 20.0 Å². The van der Waals surface area contributed by atoms with Crippen molar-refractivity contribution in [3.05, 3.63) is 65.5 Å². The first-order chi connectivity index (χ1) is 14.5. The summed E-state index contributed by atoms with van der Waals surface area (Å²) in [6.07, 6.45) is 0. The van der Waals surface area contributed by atoms with Crippen molar-refractivity contribution in [3.63, 3.8) is 0 Å². The van der Waals surface area contributed by atoms with Crippen LogP contribution in [0.5, 0.6) is 0 Å². The van der Waals surface area contributed by atoms with Gasteiger partial charge in [0.15, 0.2) is 0 Å². The van der Waals surface area contributed by atoms with Gasteiger partial charge < -0.3 is 10.1 Å². The molecule has 6 nitrogen and oxygen atoms in total. The van der Waals surface area contributed by atoms with E-state index in [0.29, 0.717) is 24.0 Å². The minimum absolute atomic E-state index is 0.340. The molecular formula is C23H29FN4O2. The Bertz CT molecular complexity index is 862. The highest BCUT2D eigenvalue weighted by molar-refractivity contribution is 6.09. The van der Waals surface area contributed by atoms with Gasteiger partial charge >= 0.3 is 0 Å². The van der Waals surface area contributed by atoms with E-state index < -0.39 is 0 Å². The molecule has 0 atom stereocenters. The maximum Gasteiger partial charge on any atom is 0.257 e. The number of carbonyl (C=O) groups is 1. The summed E-state index contributed by atoms with van der Waals surface area (Å²) in [5, 5.41) is 6.05. The van der Waals surface area contributed by atoms with Gasteiger partial charge in [0.2, 0.25) is 5.96 Å². The largest absolute Gasteiger partial charge is 0.379 e. The molecule has 0 saturated carbocycles. The van der Waals surface area contributed by atoms with Crippen molar-refractivity contribution in [1.29, 1.82) is 0 Å². The SMILES string of the molecule is CC(C)c1cccc(NC(=NCCN2CCOCC2)NC(=O)c2ccc(F)cc2)c1. The van der Waals surface area contributed by atoms with Crippen LogP contribution >= 0.6 is 0 Å². The number of carbonyl (C=O) groups excluding carboxylic acids is 1. The van der Waals surface area contributed by atoms with Crippen molar-refractivity contribution < 1.29 is 13.9 Å². The van der Waals surface area contributed by atoms with E-state index in [9.17, 15) is 9.18 Å². The number of benzene rings is 2. The Morgan fingerprint density at radius 1 is 1.17 bits per heavy atom.